The summed E-state index contributed by atoms with van der Waals surface area (Å²) in [5.41, 5.74) is 1.95. The van der Waals surface area contributed by atoms with Crippen molar-refractivity contribution in [2.24, 2.45) is 0 Å². The van der Waals surface area contributed by atoms with E-state index in [9.17, 15) is 8.42 Å². The van der Waals surface area contributed by atoms with Crippen LogP contribution in [0.3, 0.4) is 0 Å². The minimum Gasteiger partial charge on any atom is -0.267 e. The molecule has 0 aromatic heterocycles. The Bertz CT molecular complexity index is 792. The van der Waals surface area contributed by atoms with Crippen molar-refractivity contribution >= 4 is 15.7 Å². The average Bonchev–Trinajstić information content (AvgIpc) is 2.48. The van der Waals surface area contributed by atoms with Crippen molar-refractivity contribution < 1.29 is 8.42 Å². The first-order chi connectivity index (χ1) is 9.98. The monoisotopic (exact) mass is 300 g/mol. The van der Waals surface area contributed by atoms with Crippen LogP contribution in [0, 0.1) is 18.3 Å². The lowest BCUT2D eigenvalue weighted by Gasteiger charge is -2.23. The van der Waals surface area contributed by atoms with Crippen LogP contribution in [0.5, 0.6) is 0 Å². The molecule has 0 aliphatic carbocycles. The summed E-state index contributed by atoms with van der Waals surface area (Å²) in [4.78, 5) is 0.130. The zero-order chi connectivity index (χ0) is 15.5. The first kappa shape index (κ1) is 15.1. The van der Waals surface area contributed by atoms with Crippen molar-refractivity contribution in [2.75, 3.05) is 10.8 Å². The second-order valence-electron chi connectivity index (χ2n) is 4.65. The predicted molar refractivity (Wildman–Crippen MR) is 82.5 cm³/mol. The van der Waals surface area contributed by atoms with Crippen molar-refractivity contribution in [3.63, 3.8) is 0 Å². The number of nitriles is 1. The molecule has 4 nitrogen and oxygen atoms in total. The molecule has 0 atom stereocenters. The maximum atomic E-state index is 12.8. The summed E-state index contributed by atoms with van der Waals surface area (Å²) in [6, 6.07) is 15.4. The van der Waals surface area contributed by atoms with Crippen molar-refractivity contribution in [3.05, 3.63) is 59.7 Å². The standard InChI is InChI=1S/C16H16N2O2S/c1-3-18(15-8-4-6-13(2)10-15)21(19,20)16-9-5-7-14(11-16)12-17/h4-11H,3H2,1-2H3. The van der Waals surface area contributed by atoms with Crippen LogP contribution in [-0.4, -0.2) is 15.0 Å². The van der Waals surface area contributed by atoms with Crippen LogP contribution < -0.4 is 4.31 Å². The van der Waals surface area contributed by atoms with Gasteiger partial charge in [-0.05, 0) is 49.7 Å². The lowest BCUT2D eigenvalue weighted by atomic mass is 10.2. The molecule has 0 heterocycles. The smallest absolute Gasteiger partial charge is 0.264 e. The van der Waals surface area contributed by atoms with Crippen LogP contribution in [0.25, 0.3) is 0 Å². The van der Waals surface area contributed by atoms with Crippen LogP contribution in [0.1, 0.15) is 18.1 Å². The van der Waals surface area contributed by atoms with E-state index in [2.05, 4.69) is 0 Å². The Hall–Kier alpha value is -2.32. The molecule has 0 saturated carbocycles. The molecular formula is C16H16N2O2S. The molecule has 0 aliphatic heterocycles. The van der Waals surface area contributed by atoms with Crippen molar-refractivity contribution in [2.45, 2.75) is 18.7 Å². The molecule has 0 N–H and O–H groups in total. The van der Waals surface area contributed by atoms with E-state index in [-0.39, 0.29) is 4.90 Å². The highest BCUT2D eigenvalue weighted by molar-refractivity contribution is 7.92. The zero-order valence-corrected chi connectivity index (χ0v) is 12.8. The molecule has 2 aromatic rings. The topological polar surface area (TPSA) is 61.2 Å². The molecule has 2 rings (SSSR count). The summed E-state index contributed by atoms with van der Waals surface area (Å²) < 4.78 is 26.9. The van der Waals surface area contributed by atoms with Crippen LogP contribution in [-0.2, 0) is 10.0 Å². The summed E-state index contributed by atoms with van der Waals surface area (Å²) in [5, 5.41) is 8.92. The Morgan fingerprint density at radius 3 is 2.48 bits per heavy atom. The van der Waals surface area contributed by atoms with Crippen molar-refractivity contribution in [1.29, 1.82) is 5.26 Å². The summed E-state index contributed by atoms with van der Waals surface area (Å²) in [5.74, 6) is 0. The molecule has 5 heteroatoms. The van der Waals surface area contributed by atoms with E-state index in [0.29, 0.717) is 17.8 Å². The third-order valence-electron chi connectivity index (χ3n) is 3.13. The number of aryl methyl sites for hydroxylation is 1. The van der Waals surface area contributed by atoms with Gasteiger partial charge in [0.05, 0.1) is 22.2 Å². The number of sulfonamides is 1. The van der Waals surface area contributed by atoms with Gasteiger partial charge >= 0.3 is 0 Å². The second kappa shape index (κ2) is 5.98. The highest BCUT2D eigenvalue weighted by Crippen LogP contribution is 2.24. The number of benzene rings is 2. The van der Waals surface area contributed by atoms with Crippen LogP contribution >= 0.6 is 0 Å². The summed E-state index contributed by atoms with van der Waals surface area (Å²) in [6.07, 6.45) is 0. The van der Waals surface area contributed by atoms with Gasteiger partial charge in [-0.15, -0.1) is 0 Å². The van der Waals surface area contributed by atoms with E-state index < -0.39 is 10.0 Å². The molecule has 21 heavy (non-hydrogen) atoms. The molecule has 0 amide bonds. The molecule has 0 spiro atoms. The Balaban J connectivity index is 2.52. The van der Waals surface area contributed by atoms with Gasteiger partial charge in [-0.3, -0.25) is 4.31 Å². The Morgan fingerprint density at radius 2 is 1.86 bits per heavy atom. The predicted octanol–water partition coefficient (Wildman–Crippen LogP) is 3.08. The van der Waals surface area contributed by atoms with Gasteiger partial charge in [-0.25, -0.2) is 8.42 Å². The molecule has 0 radical (unpaired) electrons. The maximum Gasteiger partial charge on any atom is 0.264 e. The lowest BCUT2D eigenvalue weighted by molar-refractivity contribution is 0.592. The highest BCUT2D eigenvalue weighted by atomic mass is 32.2. The van der Waals surface area contributed by atoms with Gasteiger partial charge in [-0.2, -0.15) is 5.26 Å². The third-order valence-corrected chi connectivity index (χ3v) is 5.03. The molecular weight excluding hydrogens is 284 g/mol. The molecule has 108 valence electrons. The molecule has 0 saturated heterocycles. The first-order valence-electron chi connectivity index (χ1n) is 6.58. The second-order valence-corrected chi connectivity index (χ2v) is 6.51. The number of nitrogens with zero attached hydrogens (tertiary/aromatic N) is 2. The fraction of sp³-hybridized carbons (Fsp3) is 0.188. The Kier molecular flexibility index (Phi) is 4.29. The quantitative estimate of drug-likeness (QED) is 0.871. The average molecular weight is 300 g/mol. The van der Waals surface area contributed by atoms with Crippen molar-refractivity contribution in [3.8, 4) is 6.07 Å². The first-order valence-corrected chi connectivity index (χ1v) is 8.02. The summed E-state index contributed by atoms with van der Waals surface area (Å²) in [7, 11) is -3.67. The van der Waals surface area contributed by atoms with E-state index in [4.69, 9.17) is 5.26 Å². The number of anilines is 1. The Morgan fingerprint density at radius 1 is 1.14 bits per heavy atom. The van der Waals surface area contributed by atoms with E-state index in [1.54, 1.807) is 25.1 Å². The minimum atomic E-state index is -3.67. The summed E-state index contributed by atoms with van der Waals surface area (Å²) in [6.45, 7) is 4.02. The highest BCUT2D eigenvalue weighted by Gasteiger charge is 2.23. The van der Waals surface area contributed by atoms with Gasteiger partial charge in [0.1, 0.15) is 0 Å². The lowest BCUT2D eigenvalue weighted by Crippen LogP contribution is -2.30. The largest absolute Gasteiger partial charge is 0.267 e. The molecule has 0 bridgehead atoms. The molecule has 0 fully saturated rings. The minimum absolute atomic E-state index is 0.130. The maximum absolute atomic E-state index is 12.8. The van der Waals surface area contributed by atoms with Crippen LogP contribution in [0.4, 0.5) is 5.69 Å². The summed E-state index contributed by atoms with van der Waals surface area (Å²) >= 11 is 0. The van der Waals surface area contributed by atoms with Crippen LogP contribution in [0.2, 0.25) is 0 Å². The van der Waals surface area contributed by atoms with E-state index >= 15 is 0 Å². The molecule has 2 aromatic carbocycles. The van der Waals surface area contributed by atoms with Gasteiger partial charge in [0.15, 0.2) is 0 Å². The molecule has 0 unspecified atom stereocenters. The van der Waals surface area contributed by atoms with E-state index in [1.807, 2.05) is 31.2 Å². The number of hydrogen-bond donors (Lipinski definition) is 0. The zero-order valence-electron chi connectivity index (χ0n) is 11.9. The SMILES string of the molecule is CCN(c1cccc(C)c1)S(=O)(=O)c1cccc(C#N)c1. The van der Waals surface area contributed by atoms with Gasteiger partial charge in [0.2, 0.25) is 0 Å². The number of rotatable bonds is 4. The Labute approximate surface area is 125 Å². The fourth-order valence-electron chi connectivity index (χ4n) is 2.13. The molecule has 0 aliphatic rings. The van der Waals surface area contributed by atoms with Gasteiger partial charge < -0.3 is 0 Å². The third kappa shape index (κ3) is 3.06. The van der Waals surface area contributed by atoms with E-state index in [1.165, 1.54) is 16.4 Å². The van der Waals surface area contributed by atoms with E-state index in [0.717, 1.165) is 5.56 Å². The van der Waals surface area contributed by atoms with Gasteiger partial charge in [0, 0.05) is 6.54 Å². The number of hydrogen-bond acceptors (Lipinski definition) is 3. The van der Waals surface area contributed by atoms with Crippen LogP contribution in [0.15, 0.2) is 53.4 Å². The normalized spacial score (nSPS) is 10.9. The van der Waals surface area contributed by atoms with Gasteiger partial charge in [0.25, 0.3) is 10.0 Å². The van der Waals surface area contributed by atoms with Gasteiger partial charge in [-0.1, -0.05) is 18.2 Å². The van der Waals surface area contributed by atoms with Crippen molar-refractivity contribution in [1.82, 2.24) is 0 Å². The fourth-order valence-corrected chi connectivity index (χ4v) is 3.64.